The molecule has 0 fully saturated rings. The minimum atomic E-state index is -0.499. The highest BCUT2D eigenvalue weighted by Crippen LogP contribution is 2.27. The van der Waals surface area contributed by atoms with Crippen LogP contribution in [-0.4, -0.2) is 23.4 Å². The molecule has 0 heterocycles. The third-order valence-electron chi connectivity index (χ3n) is 2.47. The van der Waals surface area contributed by atoms with Crippen molar-refractivity contribution in [1.29, 1.82) is 0 Å². The van der Waals surface area contributed by atoms with Crippen LogP contribution in [0.4, 0.5) is 11.4 Å². The van der Waals surface area contributed by atoms with Crippen LogP contribution in [0, 0.1) is 10.1 Å². The van der Waals surface area contributed by atoms with Gasteiger partial charge in [-0.1, -0.05) is 6.92 Å². The average molecular weight is 330 g/mol. The van der Waals surface area contributed by atoms with Gasteiger partial charge in [-0.05, 0) is 41.5 Å². The van der Waals surface area contributed by atoms with Crippen LogP contribution >= 0.6 is 15.9 Å². The molecule has 0 saturated carbocycles. The molecule has 2 N–H and O–H groups in total. The fourth-order valence-electron chi connectivity index (χ4n) is 1.64. The zero-order chi connectivity index (χ0) is 14.4. The Hall–Kier alpha value is -1.47. The Morgan fingerprint density at radius 1 is 1.53 bits per heavy atom. The number of benzene rings is 1. The summed E-state index contributed by atoms with van der Waals surface area (Å²) in [6.45, 7) is 4.66. The second-order valence-corrected chi connectivity index (χ2v) is 4.99. The molecule has 6 nitrogen and oxygen atoms in total. The van der Waals surface area contributed by atoms with Crippen LogP contribution in [0.3, 0.4) is 0 Å². The molecule has 1 rings (SSSR count). The van der Waals surface area contributed by atoms with E-state index in [2.05, 4.69) is 26.6 Å². The highest BCUT2D eigenvalue weighted by atomic mass is 79.9. The van der Waals surface area contributed by atoms with Crippen molar-refractivity contribution in [3.63, 3.8) is 0 Å². The lowest BCUT2D eigenvalue weighted by Crippen LogP contribution is -2.30. The van der Waals surface area contributed by atoms with E-state index >= 15 is 0 Å². The van der Waals surface area contributed by atoms with Crippen LogP contribution in [0.2, 0.25) is 0 Å². The van der Waals surface area contributed by atoms with Crippen LogP contribution in [0.15, 0.2) is 22.7 Å². The number of hydrogen-bond acceptors (Lipinski definition) is 4. The third-order valence-corrected chi connectivity index (χ3v) is 3.14. The van der Waals surface area contributed by atoms with E-state index in [0.717, 1.165) is 6.54 Å². The first kappa shape index (κ1) is 15.6. The van der Waals surface area contributed by atoms with Crippen molar-refractivity contribution < 1.29 is 9.72 Å². The predicted molar refractivity (Wildman–Crippen MR) is 77.2 cm³/mol. The molecule has 19 heavy (non-hydrogen) atoms. The van der Waals surface area contributed by atoms with Crippen molar-refractivity contribution in [2.24, 2.45) is 0 Å². The normalized spacial score (nSPS) is 11.9. The summed E-state index contributed by atoms with van der Waals surface area (Å²) in [5.74, 6) is -0.176. The summed E-state index contributed by atoms with van der Waals surface area (Å²) in [5.41, 5.74) is 0.348. The number of nitro benzene ring substituents is 1. The van der Waals surface area contributed by atoms with Gasteiger partial charge in [-0.2, -0.15) is 0 Å². The molecule has 0 bridgehead atoms. The van der Waals surface area contributed by atoms with Gasteiger partial charge in [0.1, 0.15) is 0 Å². The summed E-state index contributed by atoms with van der Waals surface area (Å²) in [7, 11) is 0. The Bertz CT molecular complexity index is 479. The first-order valence-electron chi connectivity index (χ1n) is 5.91. The van der Waals surface area contributed by atoms with Gasteiger partial charge in [0.05, 0.1) is 9.40 Å². The maximum absolute atomic E-state index is 11.7. The molecule has 7 heteroatoms. The van der Waals surface area contributed by atoms with Gasteiger partial charge >= 0.3 is 0 Å². The Balaban J connectivity index is 2.69. The molecule has 1 unspecified atom stereocenters. The van der Waals surface area contributed by atoms with Gasteiger partial charge in [0.25, 0.3) is 5.69 Å². The van der Waals surface area contributed by atoms with E-state index in [1.54, 1.807) is 12.1 Å². The smallest absolute Gasteiger partial charge is 0.285 e. The number of nitrogens with zero attached hydrogens (tertiary/aromatic N) is 1. The lowest BCUT2D eigenvalue weighted by atomic mass is 10.2. The molecule has 0 spiro atoms. The number of nitrogens with one attached hydrogen (secondary N) is 2. The van der Waals surface area contributed by atoms with Gasteiger partial charge in [0.2, 0.25) is 5.91 Å². The molecule has 0 aliphatic heterocycles. The molecule has 1 aromatic carbocycles. The van der Waals surface area contributed by atoms with Crippen LogP contribution in [0.5, 0.6) is 0 Å². The summed E-state index contributed by atoms with van der Waals surface area (Å²) < 4.78 is 0.386. The Kier molecular flexibility index (Phi) is 5.91. The molecule has 1 amide bonds. The molecular formula is C12H16BrN3O3. The topological polar surface area (TPSA) is 84.3 Å². The fourth-order valence-corrected chi connectivity index (χ4v) is 2.03. The highest BCUT2D eigenvalue weighted by Gasteiger charge is 2.14. The van der Waals surface area contributed by atoms with Crippen LogP contribution in [-0.2, 0) is 4.79 Å². The molecule has 0 saturated heterocycles. The second kappa shape index (κ2) is 7.20. The maximum atomic E-state index is 11.7. The third kappa shape index (κ3) is 4.96. The van der Waals surface area contributed by atoms with E-state index in [9.17, 15) is 14.9 Å². The Morgan fingerprint density at radius 3 is 2.79 bits per heavy atom. The number of carbonyl (C=O) groups is 1. The van der Waals surface area contributed by atoms with Gasteiger partial charge in [-0.15, -0.1) is 0 Å². The first-order valence-corrected chi connectivity index (χ1v) is 6.70. The van der Waals surface area contributed by atoms with Crippen molar-refractivity contribution >= 4 is 33.2 Å². The zero-order valence-electron chi connectivity index (χ0n) is 10.8. The van der Waals surface area contributed by atoms with Crippen molar-refractivity contribution in [3.8, 4) is 0 Å². The second-order valence-electron chi connectivity index (χ2n) is 4.13. The van der Waals surface area contributed by atoms with Gasteiger partial charge in [-0.25, -0.2) is 0 Å². The van der Waals surface area contributed by atoms with E-state index in [-0.39, 0.29) is 17.6 Å². The number of nitro groups is 1. The molecule has 0 aromatic heterocycles. The van der Waals surface area contributed by atoms with Gasteiger partial charge < -0.3 is 10.6 Å². The summed E-state index contributed by atoms with van der Waals surface area (Å²) in [5, 5.41) is 16.5. The van der Waals surface area contributed by atoms with Crippen LogP contribution in [0.25, 0.3) is 0 Å². The summed E-state index contributed by atoms with van der Waals surface area (Å²) >= 11 is 3.09. The average Bonchev–Trinajstić information content (AvgIpc) is 2.31. The summed E-state index contributed by atoms with van der Waals surface area (Å²) in [6, 6.07) is 4.56. The van der Waals surface area contributed by atoms with E-state index < -0.39 is 4.92 Å². The Labute approximate surface area is 119 Å². The zero-order valence-corrected chi connectivity index (χ0v) is 12.4. The SMILES string of the molecule is CCNC(C)CC(=O)Nc1ccc(Br)c([N+](=O)[O-])c1. The fraction of sp³-hybridized carbons (Fsp3) is 0.417. The number of anilines is 1. The maximum Gasteiger partial charge on any atom is 0.285 e. The van der Waals surface area contributed by atoms with Gasteiger partial charge in [0, 0.05) is 24.2 Å². The van der Waals surface area contributed by atoms with Crippen molar-refractivity contribution in [2.45, 2.75) is 26.3 Å². The monoisotopic (exact) mass is 329 g/mol. The largest absolute Gasteiger partial charge is 0.326 e. The minimum Gasteiger partial charge on any atom is -0.326 e. The van der Waals surface area contributed by atoms with Crippen molar-refractivity contribution in [2.75, 3.05) is 11.9 Å². The molecular weight excluding hydrogens is 314 g/mol. The molecule has 0 aliphatic carbocycles. The number of halogens is 1. The minimum absolute atomic E-state index is 0.0652. The number of hydrogen-bond donors (Lipinski definition) is 2. The molecule has 1 atom stereocenters. The van der Waals surface area contributed by atoms with E-state index in [1.165, 1.54) is 6.07 Å². The first-order chi connectivity index (χ1) is 8.93. The standard InChI is InChI=1S/C12H16BrN3O3/c1-3-14-8(2)6-12(17)15-9-4-5-10(13)11(7-9)16(18)19/h4-5,7-8,14H,3,6H2,1-2H3,(H,15,17). The highest BCUT2D eigenvalue weighted by molar-refractivity contribution is 9.10. The molecule has 0 aliphatic rings. The predicted octanol–water partition coefficient (Wildman–Crippen LogP) is 2.68. The summed E-state index contributed by atoms with van der Waals surface area (Å²) in [4.78, 5) is 22.0. The van der Waals surface area contributed by atoms with Crippen molar-refractivity contribution in [1.82, 2.24) is 5.32 Å². The van der Waals surface area contributed by atoms with Crippen LogP contribution < -0.4 is 10.6 Å². The van der Waals surface area contributed by atoms with Gasteiger partial charge in [-0.3, -0.25) is 14.9 Å². The lowest BCUT2D eigenvalue weighted by molar-refractivity contribution is -0.385. The molecule has 0 radical (unpaired) electrons. The van der Waals surface area contributed by atoms with E-state index in [0.29, 0.717) is 16.6 Å². The van der Waals surface area contributed by atoms with E-state index in [1.807, 2.05) is 13.8 Å². The Morgan fingerprint density at radius 2 is 2.21 bits per heavy atom. The number of amides is 1. The van der Waals surface area contributed by atoms with Crippen molar-refractivity contribution in [3.05, 3.63) is 32.8 Å². The van der Waals surface area contributed by atoms with E-state index in [4.69, 9.17) is 0 Å². The summed E-state index contributed by atoms with van der Waals surface area (Å²) in [6.07, 6.45) is 0.317. The molecule has 104 valence electrons. The van der Waals surface area contributed by atoms with Crippen LogP contribution in [0.1, 0.15) is 20.3 Å². The van der Waals surface area contributed by atoms with Gasteiger partial charge in [0.15, 0.2) is 0 Å². The molecule has 1 aromatic rings. The number of rotatable bonds is 6. The quantitative estimate of drug-likeness (QED) is 0.620. The number of carbonyl (C=O) groups excluding carboxylic acids is 1. The lowest BCUT2D eigenvalue weighted by Gasteiger charge is -2.12.